The number of aromatic nitrogens is 2. The lowest BCUT2D eigenvalue weighted by Gasteiger charge is -2.44. The van der Waals surface area contributed by atoms with Crippen molar-refractivity contribution in [3.63, 3.8) is 0 Å². The molecule has 0 aliphatic carbocycles. The van der Waals surface area contributed by atoms with Crippen LogP contribution in [0.1, 0.15) is 45.7 Å². The Morgan fingerprint density at radius 3 is 2.42 bits per heavy atom. The van der Waals surface area contributed by atoms with Crippen LogP contribution in [0.25, 0.3) is 0 Å². The van der Waals surface area contributed by atoms with E-state index in [1.165, 1.54) is 4.90 Å². The lowest BCUT2D eigenvalue weighted by molar-refractivity contribution is -0.137. The van der Waals surface area contributed by atoms with Crippen LogP contribution < -0.4 is 0 Å². The van der Waals surface area contributed by atoms with Crippen LogP contribution in [0.15, 0.2) is 24.3 Å². The van der Waals surface area contributed by atoms with Crippen LogP contribution in [0, 0.1) is 0 Å². The second-order valence-corrected chi connectivity index (χ2v) is 8.72. The van der Waals surface area contributed by atoms with Crippen molar-refractivity contribution in [1.29, 1.82) is 0 Å². The fourth-order valence-electron chi connectivity index (χ4n) is 4.44. The number of benzene rings is 1. The number of piperidine rings is 1. The monoisotopic (exact) mass is 436 g/mol. The van der Waals surface area contributed by atoms with Gasteiger partial charge in [0.15, 0.2) is 5.69 Å². The van der Waals surface area contributed by atoms with E-state index in [0.29, 0.717) is 25.3 Å². The SMILES string of the molecule is CN(C)C(=O)c1nn(C)c2c1COC1(CCN(Cc3ccc(C(F)(F)F)cc3)CC1)C2. The number of alkyl halides is 3. The van der Waals surface area contributed by atoms with Gasteiger partial charge in [-0.05, 0) is 30.5 Å². The van der Waals surface area contributed by atoms with E-state index in [9.17, 15) is 18.0 Å². The molecule has 0 unspecified atom stereocenters. The minimum absolute atomic E-state index is 0.122. The number of aryl methyl sites for hydroxylation is 1. The summed E-state index contributed by atoms with van der Waals surface area (Å²) in [6.07, 6.45) is -1.94. The molecule has 0 bridgehead atoms. The average molecular weight is 436 g/mol. The van der Waals surface area contributed by atoms with Crippen LogP contribution >= 0.6 is 0 Å². The standard InChI is InChI=1S/C22H27F3N4O2/c1-27(2)20(30)19-17-14-31-21(12-18(17)28(3)26-19)8-10-29(11-9-21)13-15-4-6-16(7-5-15)22(23,24)25/h4-7H,8-14H2,1-3H3. The maximum absolute atomic E-state index is 12.7. The molecule has 2 aromatic rings. The van der Waals surface area contributed by atoms with Gasteiger partial charge in [0.05, 0.1) is 17.8 Å². The summed E-state index contributed by atoms with van der Waals surface area (Å²) in [7, 11) is 5.28. The van der Waals surface area contributed by atoms with Crippen molar-refractivity contribution in [3.05, 3.63) is 52.3 Å². The number of ether oxygens (including phenoxy) is 1. The van der Waals surface area contributed by atoms with Crippen LogP contribution in [-0.4, -0.2) is 58.3 Å². The fraction of sp³-hybridized carbons (Fsp3) is 0.545. The van der Waals surface area contributed by atoms with Crippen LogP contribution in [0.2, 0.25) is 0 Å². The molecule has 1 fully saturated rings. The number of likely N-dealkylation sites (tertiary alicyclic amines) is 1. The smallest absolute Gasteiger partial charge is 0.370 e. The van der Waals surface area contributed by atoms with Gasteiger partial charge in [-0.1, -0.05) is 12.1 Å². The lowest BCUT2D eigenvalue weighted by Crippen LogP contribution is -2.49. The normalized spacial score (nSPS) is 18.8. The number of hydrogen-bond acceptors (Lipinski definition) is 4. The Balaban J connectivity index is 1.40. The highest BCUT2D eigenvalue weighted by Gasteiger charge is 2.42. The summed E-state index contributed by atoms with van der Waals surface area (Å²) in [5.74, 6) is -0.122. The van der Waals surface area contributed by atoms with Gasteiger partial charge in [0.25, 0.3) is 5.91 Å². The zero-order chi connectivity index (χ0) is 22.4. The molecular formula is C22H27F3N4O2. The molecule has 1 saturated heterocycles. The fourth-order valence-corrected chi connectivity index (χ4v) is 4.44. The van der Waals surface area contributed by atoms with Crippen molar-refractivity contribution in [1.82, 2.24) is 19.6 Å². The highest BCUT2D eigenvalue weighted by atomic mass is 19.4. The van der Waals surface area contributed by atoms with E-state index in [1.54, 1.807) is 30.9 Å². The van der Waals surface area contributed by atoms with Gasteiger partial charge in [-0.25, -0.2) is 0 Å². The predicted molar refractivity (Wildman–Crippen MR) is 108 cm³/mol. The first kappa shape index (κ1) is 21.8. The maximum Gasteiger partial charge on any atom is 0.416 e. The molecule has 1 spiro atoms. The molecule has 1 aromatic carbocycles. The second kappa shape index (κ2) is 7.94. The number of carbonyl (C=O) groups is 1. The molecule has 0 saturated carbocycles. The third-order valence-electron chi connectivity index (χ3n) is 6.35. The summed E-state index contributed by atoms with van der Waals surface area (Å²) in [6, 6.07) is 5.38. The largest absolute Gasteiger partial charge is 0.416 e. The topological polar surface area (TPSA) is 50.6 Å². The Hall–Kier alpha value is -2.39. The van der Waals surface area contributed by atoms with E-state index in [0.717, 1.165) is 54.9 Å². The molecule has 168 valence electrons. The van der Waals surface area contributed by atoms with E-state index in [2.05, 4.69) is 10.00 Å². The number of nitrogens with zero attached hydrogens (tertiary/aromatic N) is 4. The predicted octanol–water partition coefficient (Wildman–Crippen LogP) is 3.25. The van der Waals surface area contributed by atoms with Crippen molar-refractivity contribution in [2.24, 2.45) is 7.05 Å². The molecule has 1 aromatic heterocycles. The number of hydrogen-bond donors (Lipinski definition) is 0. The van der Waals surface area contributed by atoms with Gasteiger partial charge < -0.3 is 9.64 Å². The van der Waals surface area contributed by atoms with Crippen LogP contribution in [-0.2, 0) is 37.5 Å². The van der Waals surface area contributed by atoms with Crippen molar-refractivity contribution in [3.8, 4) is 0 Å². The summed E-state index contributed by atoms with van der Waals surface area (Å²) < 4.78 is 46.3. The summed E-state index contributed by atoms with van der Waals surface area (Å²) >= 11 is 0. The number of amides is 1. The number of fused-ring (bicyclic) bond motifs is 1. The van der Waals surface area contributed by atoms with Gasteiger partial charge in [-0.15, -0.1) is 0 Å². The van der Waals surface area contributed by atoms with Crippen molar-refractivity contribution in [2.45, 2.75) is 44.2 Å². The number of carbonyl (C=O) groups excluding carboxylic acids is 1. The highest BCUT2D eigenvalue weighted by Crippen LogP contribution is 2.37. The molecule has 9 heteroatoms. The molecular weight excluding hydrogens is 409 g/mol. The van der Waals surface area contributed by atoms with Gasteiger partial charge in [0.2, 0.25) is 0 Å². The van der Waals surface area contributed by atoms with Crippen LogP contribution in [0.4, 0.5) is 13.2 Å². The van der Waals surface area contributed by atoms with E-state index in [1.807, 2.05) is 7.05 Å². The number of halogens is 3. The second-order valence-electron chi connectivity index (χ2n) is 8.72. The van der Waals surface area contributed by atoms with Gasteiger partial charge in [0, 0.05) is 58.5 Å². The Labute approximate surface area is 179 Å². The third-order valence-corrected chi connectivity index (χ3v) is 6.35. The minimum atomic E-state index is -4.31. The Bertz CT molecular complexity index is 958. The zero-order valence-electron chi connectivity index (χ0n) is 18.0. The zero-order valence-corrected chi connectivity index (χ0v) is 18.0. The Kier molecular flexibility index (Phi) is 5.59. The summed E-state index contributed by atoms with van der Waals surface area (Å²) in [4.78, 5) is 16.2. The highest BCUT2D eigenvalue weighted by molar-refractivity contribution is 5.93. The molecule has 0 N–H and O–H groups in total. The third kappa shape index (κ3) is 4.34. The van der Waals surface area contributed by atoms with E-state index in [4.69, 9.17) is 4.74 Å². The van der Waals surface area contributed by atoms with Crippen molar-refractivity contribution >= 4 is 5.91 Å². The van der Waals surface area contributed by atoms with Crippen molar-refractivity contribution < 1.29 is 22.7 Å². The summed E-state index contributed by atoms with van der Waals surface area (Å²) in [5, 5.41) is 4.44. The van der Waals surface area contributed by atoms with Crippen LogP contribution in [0.5, 0.6) is 0 Å². The molecule has 4 rings (SSSR count). The average Bonchev–Trinajstić information content (AvgIpc) is 3.04. The van der Waals surface area contributed by atoms with Gasteiger partial charge in [-0.3, -0.25) is 14.4 Å². The lowest BCUT2D eigenvalue weighted by atomic mass is 9.83. The summed E-state index contributed by atoms with van der Waals surface area (Å²) in [6.45, 7) is 2.60. The van der Waals surface area contributed by atoms with E-state index >= 15 is 0 Å². The van der Waals surface area contributed by atoms with Crippen LogP contribution in [0.3, 0.4) is 0 Å². The minimum Gasteiger partial charge on any atom is -0.370 e. The molecule has 2 aliphatic rings. The first-order valence-corrected chi connectivity index (χ1v) is 10.4. The first-order chi connectivity index (χ1) is 14.6. The maximum atomic E-state index is 12.7. The van der Waals surface area contributed by atoms with Crippen molar-refractivity contribution in [2.75, 3.05) is 27.2 Å². The Morgan fingerprint density at radius 2 is 1.84 bits per heavy atom. The Morgan fingerprint density at radius 1 is 1.19 bits per heavy atom. The van der Waals surface area contributed by atoms with Gasteiger partial charge >= 0.3 is 6.18 Å². The summed E-state index contributed by atoms with van der Waals surface area (Å²) in [5.41, 5.74) is 2.34. The molecule has 31 heavy (non-hydrogen) atoms. The molecule has 2 aliphatic heterocycles. The molecule has 3 heterocycles. The molecule has 6 nitrogen and oxygen atoms in total. The molecule has 0 atom stereocenters. The quantitative estimate of drug-likeness (QED) is 0.741. The molecule has 0 radical (unpaired) electrons. The van der Waals surface area contributed by atoms with E-state index < -0.39 is 11.7 Å². The van der Waals surface area contributed by atoms with E-state index in [-0.39, 0.29) is 11.5 Å². The van der Waals surface area contributed by atoms with Gasteiger partial charge in [0.1, 0.15) is 0 Å². The number of rotatable bonds is 3. The van der Waals surface area contributed by atoms with Gasteiger partial charge in [-0.2, -0.15) is 18.3 Å². The first-order valence-electron chi connectivity index (χ1n) is 10.4. The molecule has 1 amide bonds.